The molecule has 0 atom stereocenters. The maximum absolute atomic E-state index is 12.9. The van der Waals surface area contributed by atoms with Gasteiger partial charge in [0.15, 0.2) is 0 Å². The average Bonchev–Trinajstić information content (AvgIpc) is 3.25. The fourth-order valence-electron chi connectivity index (χ4n) is 3.01. The molecular weight excluding hydrogens is 366 g/mol. The van der Waals surface area contributed by atoms with Crippen LogP contribution in [0, 0.1) is 6.92 Å². The number of nitrogens with one attached hydrogen (secondary N) is 1. The maximum atomic E-state index is 12.9. The van der Waals surface area contributed by atoms with Crippen LogP contribution in [0.2, 0.25) is 0 Å². The van der Waals surface area contributed by atoms with Crippen LogP contribution in [0.4, 0.5) is 5.00 Å². The fourth-order valence-corrected chi connectivity index (χ4v) is 3.82. The van der Waals surface area contributed by atoms with Gasteiger partial charge in [0.25, 0.3) is 11.5 Å². The lowest BCUT2D eigenvalue weighted by Gasteiger charge is -2.11. The molecule has 3 aromatic heterocycles. The molecule has 4 rings (SSSR count). The van der Waals surface area contributed by atoms with Crippen LogP contribution >= 0.6 is 11.3 Å². The Morgan fingerprint density at radius 2 is 2.04 bits per heavy atom. The molecule has 3 N–H and O–H groups in total. The van der Waals surface area contributed by atoms with Crippen molar-refractivity contribution in [1.82, 2.24) is 14.2 Å². The topological polar surface area (TPSA) is 111 Å². The van der Waals surface area contributed by atoms with E-state index in [1.165, 1.54) is 15.9 Å². The van der Waals surface area contributed by atoms with Crippen LogP contribution in [-0.2, 0) is 11.3 Å². The summed E-state index contributed by atoms with van der Waals surface area (Å²) < 4.78 is 3.02. The molecule has 0 bridgehead atoms. The summed E-state index contributed by atoms with van der Waals surface area (Å²) in [4.78, 5) is 36.9. The van der Waals surface area contributed by atoms with Gasteiger partial charge in [-0.2, -0.15) is 5.10 Å². The van der Waals surface area contributed by atoms with Crippen LogP contribution in [0.1, 0.15) is 16.1 Å². The van der Waals surface area contributed by atoms with E-state index in [9.17, 15) is 14.4 Å². The van der Waals surface area contributed by atoms with E-state index in [4.69, 9.17) is 5.73 Å². The summed E-state index contributed by atoms with van der Waals surface area (Å²) in [6.45, 7) is 1.61. The molecule has 0 aliphatic carbocycles. The van der Waals surface area contributed by atoms with Gasteiger partial charge in [-0.25, -0.2) is 4.52 Å². The van der Waals surface area contributed by atoms with Gasteiger partial charge in [-0.15, -0.1) is 11.3 Å². The molecule has 0 fully saturated rings. The summed E-state index contributed by atoms with van der Waals surface area (Å²) in [6.07, 6.45) is 0. The molecule has 3 heterocycles. The van der Waals surface area contributed by atoms with Gasteiger partial charge in [-0.3, -0.25) is 19.0 Å². The number of carbonyl (C=O) groups excluding carboxylic acids is 2. The quantitative estimate of drug-likeness (QED) is 0.561. The molecule has 0 radical (unpaired) electrons. The van der Waals surface area contributed by atoms with E-state index in [0.717, 1.165) is 5.69 Å². The molecule has 27 heavy (non-hydrogen) atoms. The van der Waals surface area contributed by atoms with E-state index in [2.05, 4.69) is 10.4 Å². The van der Waals surface area contributed by atoms with Crippen molar-refractivity contribution in [2.45, 2.75) is 13.5 Å². The lowest BCUT2D eigenvalue weighted by molar-refractivity contribution is -0.116. The number of hydrogen-bond acceptors (Lipinski definition) is 5. The van der Waals surface area contributed by atoms with Crippen LogP contribution in [0.25, 0.3) is 16.6 Å². The van der Waals surface area contributed by atoms with Gasteiger partial charge in [0.05, 0.1) is 22.2 Å². The number of benzene rings is 1. The molecule has 4 aromatic rings. The Hall–Kier alpha value is -3.46. The zero-order valence-corrected chi connectivity index (χ0v) is 15.1. The van der Waals surface area contributed by atoms with E-state index in [-0.39, 0.29) is 17.7 Å². The normalized spacial score (nSPS) is 11.1. The molecule has 0 saturated carbocycles. The summed E-state index contributed by atoms with van der Waals surface area (Å²) in [5.74, 6) is -1.05. The molecule has 8 nitrogen and oxygen atoms in total. The summed E-state index contributed by atoms with van der Waals surface area (Å²) >= 11 is 1.19. The van der Waals surface area contributed by atoms with Crippen molar-refractivity contribution in [1.29, 1.82) is 0 Å². The van der Waals surface area contributed by atoms with Gasteiger partial charge < -0.3 is 11.1 Å². The Kier molecular flexibility index (Phi) is 4.00. The van der Waals surface area contributed by atoms with Crippen molar-refractivity contribution < 1.29 is 9.59 Å². The monoisotopic (exact) mass is 381 g/mol. The summed E-state index contributed by atoms with van der Waals surface area (Å²) in [5.41, 5.74) is 7.19. The number of fused-ring (bicyclic) bond motifs is 3. The van der Waals surface area contributed by atoms with Crippen LogP contribution < -0.4 is 16.6 Å². The minimum Gasteiger partial charge on any atom is -0.366 e. The second kappa shape index (κ2) is 6.36. The van der Waals surface area contributed by atoms with Crippen molar-refractivity contribution in [3.63, 3.8) is 0 Å². The molecule has 0 saturated heterocycles. The molecule has 0 unspecified atom stereocenters. The van der Waals surface area contributed by atoms with E-state index in [1.807, 2.05) is 19.1 Å². The maximum Gasteiger partial charge on any atom is 0.262 e. The Balaban J connectivity index is 1.78. The number of carbonyl (C=O) groups is 2. The minimum atomic E-state index is -0.622. The molecule has 2 amide bonds. The molecular formula is C18H15N5O3S. The van der Waals surface area contributed by atoms with E-state index in [1.54, 1.807) is 34.2 Å². The summed E-state index contributed by atoms with van der Waals surface area (Å²) in [7, 11) is 0. The summed E-state index contributed by atoms with van der Waals surface area (Å²) in [6, 6.07) is 10.4. The number of nitrogens with zero attached hydrogens (tertiary/aromatic N) is 3. The van der Waals surface area contributed by atoms with Gasteiger partial charge in [0.2, 0.25) is 5.91 Å². The number of rotatable bonds is 4. The first-order valence-electron chi connectivity index (χ1n) is 8.11. The number of amides is 2. The molecule has 9 heteroatoms. The standard InChI is InChI=1S/C18H15N5O3S/c1-10-8-15-22(9-14(24)20-17-12(16(19)25)6-7-27-17)18(26)11-4-2-3-5-13(11)23(15)21-10/h2-8H,9H2,1H3,(H2,19,25)(H,20,24). The van der Waals surface area contributed by atoms with Gasteiger partial charge in [-0.05, 0) is 30.5 Å². The van der Waals surface area contributed by atoms with E-state index < -0.39 is 11.8 Å². The number of anilines is 1. The van der Waals surface area contributed by atoms with Crippen molar-refractivity contribution in [3.05, 3.63) is 63.4 Å². The molecule has 0 aliphatic rings. The van der Waals surface area contributed by atoms with Crippen molar-refractivity contribution in [2.24, 2.45) is 5.73 Å². The third kappa shape index (κ3) is 2.87. The van der Waals surface area contributed by atoms with Crippen molar-refractivity contribution >= 4 is 44.7 Å². The van der Waals surface area contributed by atoms with Gasteiger partial charge in [0, 0.05) is 6.07 Å². The number of primary amides is 1. The summed E-state index contributed by atoms with van der Waals surface area (Å²) in [5, 5.41) is 9.58. The third-order valence-corrected chi connectivity index (χ3v) is 5.01. The lowest BCUT2D eigenvalue weighted by atomic mass is 10.2. The number of aromatic nitrogens is 3. The second-order valence-electron chi connectivity index (χ2n) is 6.04. The van der Waals surface area contributed by atoms with Crippen LogP contribution in [0.5, 0.6) is 0 Å². The predicted octanol–water partition coefficient (Wildman–Crippen LogP) is 1.76. The van der Waals surface area contributed by atoms with Crippen LogP contribution in [0.3, 0.4) is 0 Å². The highest BCUT2D eigenvalue weighted by molar-refractivity contribution is 7.14. The number of thiophene rings is 1. The zero-order chi connectivity index (χ0) is 19.1. The SMILES string of the molecule is Cc1cc2n(CC(=O)Nc3sccc3C(N)=O)c(=O)c3ccccc3n2n1. The number of nitrogens with two attached hydrogens (primary N) is 1. The van der Waals surface area contributed by atoms with E-state index in [0.29, 0.717) is 21.6 Å². The second-order valence-corrected chi connectivity index (χ2v) is 6.96. The largest absolute Gasteiger partial charge is 0.366 e. The first kappa shape index (κ1) is 17.0. The van der Waals surface area contributed by atoms with Crippen molar-refractivity contribution in [2.75, 3.05) is 5.32 Å². The molecule has 0 aliphatic heterocycles. The minimum absolute atomic E-state index is 0.214. The number of aryl methyl sites for hydroxylation is 1. The predicted molar refractivity (Wildman–Crippen MR) is 103 cm³/mol. The van der Waals surface area contributed by atoms with Gasteiger partial charge in [0.1, 0.15) is 17.2 Å². The molecule has 1 aromatic carbocycles. The first-order chi connectivity index (χ1) is 13.0. The smallest absolute Gasteiger partial charge is 0.262 e. The highest BCUT2D eigenvalue weighted by Crippen LogP contribution is 2.22. The molecule has 136 valence electrons. The van der Waals surface area contributed by atoms with E-state index >= 15 is 0 Å². The first-order valence-corrected chi connectivity index (χ1v) is 8.99. The average molecular weight is 381 g/mol. The Morgan fingerprint density at radius 3 is 2.81 bits per heavy atom. The Bertz CT molecular complexity index is 1270. The van der Waals surface area contributed by atoms with Gasteiger partial charge in [-0.1, -0.05) is 12.1 Å². The van der Waals surface area contributed by atoms with Gasteiger partial charge >= 0.3 is 0 Å². The van der Waals surface area contributed by atoms with Crippen LogP contribution in [0.15, 0.2) is 46.6 Å². The zero-order valence-electron chi connectivity index (χ0n) is 14.3. The fraction of sp³-hybridized carbons (Fsp3) is 0.111. The number of para-hydroxylation sites is 1. The van der Waals surface area contributed by atoms with Crippen molar-refractivity contribution in [3.8, 4) is 0 Å². The Morgan fingerprint density at radius 1 is 1.26 bits per heavy atom. The molecule has 0 spiro atoms. The third-order valence-electron chi connectivity index (χ3n) is 4.18. The van der Waals surface area contributed by atoms with Crippen LogP contribution in [-0.4, -0.2) is 26.0 Å². The lowest BCUT2D eigenvalue weighted by Crippen LogP contribution is -2.29. The highest BCUT2D eigenvalue weighted by atomic mass is 32.1. The highest BCUT2D eigenvalue weighted by Gasteiger charge is 2.17. The number of hydrogen-bond donors (Lipinski definition) is 2. The Labute approximate surface area is 156 Å².